The summed E-state index contributed by atoms with van der Waals surface area (Å²) in [4.78, 5) is 14.9. The molecular formula is C23H27NO4S. The standard InChI is InChI=1S/C23H27NO4S/c1-22(2,3)15-10-12-16(13-11-15)29(26,27)20-18-14-23(4,24(5)21(20)25)28-19-9-7-6-8-17(18)19/h6-13,18,20H,14H2,1-5H3. The number of benzene rings is 2. The van der Waals surface area contributed by atoms with Gasteiger partial charge in [-0.3, -0.25) is 4.79 Å². The summed E-state index contributed by atoms with van der Waals surface area (Å²) in [6.07, 6.45) is 0.441. The second kappa shape index (κ2) is 6.33. The van der Waals surface area contributed by atoms with Gasteiger partial charge in [-0.2, -0.15) is 0 Å². The summed E-state index contributed by atoms with van der Waals surface area (Å²) in [6, 6.07) is 14.4. The number of amides is 1. The van der Waals surface area contributed by atoms with Crippen LogP contribution in [0.2, 0.25) is 0 Å². The predicted octanol–water partition coefficient (Wildman–Crippen LogP) is 3.88. The Kier molecular flexibility index (Phi) is 4.35. The van der Waals surface area contributed by atoms with Gasteiger partial charge < -0.3 is 9.64 Å². The second-order valence-electron chi connectivity index (χ2n) is 9.26. The Morgan fingerprint density at radius 3 is 2.31 bits per heavy atom. The van der Waals surface area contributed by atoms with Crippen molar-refractivity contribution >= 4 is 15.7 Å². The molecule has 1 saturated heterocycles. The van der Waals surface area contributed by atoms with E-state index >= 15 is 0 Å². The van der Waals surface area contributed by atoms with Crippen molar-refractivity contribution in [2.45, 2.75) is 61.3 Å². The summed E-state index contributed by atoms with van der Waals surface area (Å²) in [5, 5.41) is -1.16. The molecule has 154 valence electrons. The van der Waals surface area contributed by atoms with Crippen LogP contribution in [-0.4, -0.2) is 37.2 Å². The van der Waals surface area contributed by atoms with E-state index in [1.165, 1.54) is 4.90 Å². The van der Waals surface area contributed by atoms with Gasteiger partial charge in [-0.1, -0.05) is 51.1 Å². The molecule has 2 heterocycles. The lowest BCUT2D eigenvalue weighted by Crippen LogP contribution is -2.64. The van der Waals surface area contributed by atoms with E-state index in [0.717, 1.165) is 11.1 Å². The molecule has 2 aliphatic rings. The molecule has 2 bridgehead atoms. The Balaban J connectivity index is 1.82. The van der Waals surface area contributed by atoms with Crippen LogP contribution < -0.4 is 4.74 Å². The normalized spacial score (nSPS) is 26.7. The highest BCUT2D eigenvalue weighted by atomic mass is 32.2. The first-order valence-corrected chi connectivity index (χ1v) is 11.4. The topological polar surface area (TPSA) is 63.7 Å². The summed E-state index contributed by atoms with van der Waals surface area (Å²) >= 11 is 0. The molecule has 4 rings (SSSR count). The molecule has 29 heavy (non-hydrogen) atoms. The van der Waals surface area contributed by atoms with Gasteiger partial charge >= 0.3 is 0 Å². The molecule has 0 aliphatic carbocycles. The number of hydrogen-bond acceptors (Lipinski definition) is 4. The molecule has 2 aromatic carbocycles. The van der Waals surface area contributed by atoms with Crippen molar-refractivity contribution in [2.75, 3.05) is 7.05 Å². The molecule has 0 spiro atoms. The minimum Gasteiger partial charge on any atom is -0.468 e. The molecule has 3 atom stereocenters. The first-order valence-electron chi connectivity index (χ1n) is 9.85. The average molecular weight is 414 g/mol. The highest BCUT2D eigenvalue weighted by Crippen LogP contribution is 2.49. The summed E-state index contributed by atoms with van der Waals surface area (Å²) < 4.78 is 33.4. The van der Waals surface area contributed by atoms with Gasteiger partial charge in [0.15, 0.2) is 20.8 Å². The van der Waals surface area contributed by atoms with E-state index in [1.54, 1.807) is 19.2 Å². The number of piperidine rings is 1. The van der Waals surface area contributed by atoms with E-state index < -0.39 is 32.6 Å². The Labute approximate surface area is 172 Å². The van der Waals surface area contributed by atoms with Gasteiger partial charge in [0.2, 0.25) is 5.91 Å². The zero-order chi connectivity index (χ0) is 21.2. The third-order valence-corrected chi connectivity index (χ3v) is 8.41. The fraction of sp³-hybridized carbons (Fsp3) is 0.435. The van der Waals surface area contributed by atoms with Gasteiger partial charge in [-0.05, 0) is 41.7 Å². The van der Waals surface area contributed by atoms with Gasteiger partial charge in [-0.25, -0.2) is 8.42 Å². The van der Waals surface area contributed by atoms with Crippen LogP contribution in [-0.2, 0) is 20.0 Å². The number of rotatable bonds is 2. The van der Waals surface area contributed by atoms with Crippen LogP contribution in [0.25, 0.3) is 0 Å². The van der Waals surface area contributed by atoms with E-state index in [-0.39, 0.29) is 10.3 Å². The van der Waals surface area contributed by atoms with Gasteiger partial charge in [0.25, 0.3) is 0 Å². The van der Waals surface area contributed by atoms with Crippen molar-refractivity contribution < 1.29 is 17.9 Å². The van der Waals surface area contributed by atoms with Gasteiger partial charge in [0.05, 0.1) is 4.90 Å². The summed E-state index contributed by atoms with van der Waals surface area (Å²) in [6.45, 7) is 8.08. The van der Waals surface area contributed by atoms with Crippen LogP contribution in [0.5, 0.6) is 5.75 Å². The maximum Gasteiger partial charge on any atom is 0.244 e. The summed E-state index contributed by atoms with van der Waals surface area (Å²) in [5.74, 6) is -0.215. The monoisotopic (exact) mass is 413 g/mol. The molecule has 5 nitrogen and oxygen atoms in total. The van der Waals surface area contributed by atoms with E-state index in [1.807, 2.05) is 43.3 Å². The third-order valence-electron chi connectivity index (χ3n) is 6.28. The number of carbonyl (C=O) groups is 1. The summed E-state index contributed by atoms with van der Waals surface area (Å²) in [7, 11) is -2.25. The molecule has 3 unspecified atom stereocenters. The molecule has 6 heteroatoms. The fourth-order valence-corrected chi connectivity index (χ4v) is 6.30. The average Bonchev–Trinajstić information content (AvgIpc) is 2.65. The van der Waals surface area contributed by atoms with E-state index in [0.29, 0.717) is 12.2 Å². The Morgan fingerprint density at radius 2 is 1.69 bits per heavy atom. The van der Waals surface area contributed by atoms with Gasteiger partial charge in [0, 0.05) is 19.4 Å². The van der Waals surface area contributed by atoms with Crippen molar-refractivity contribution in [2.24, 2.45) is 0 Å². The molecule has 1 amide bonds. The SMILES string of the molecule is CN1C(=O)C(S(=O)(=O)c2ccc(C(C)(C)C)cc2)C2CC1(C)Oc1ccccc12. The second-order valence-corrected chi connectivity index (χ2v) is 11.3. The molecule has 2 aliphatic heterocycles. The smallest absolute Gasteiger partial charge is 0.244 e. The molecule has 2 aromatic rings. The zero-order valence-electron chi connectivity index (χ0n) is 17.5. The van der Waals surface area contributed by atoms with Crippen molar-refractivity contribution in [1.82, 2.24) is 4.90 Å². The number of para-hydroxylation sites is 1. The number of likely N-dealkylation sites (tertiary alicyclic amines) is 1. The van der Waals surface area contributed by atoms with E-state index in [4.69, 9.17) is 4.74 Å². The maximum atomic E-state index is 13.6. The highest BCUT2D eigenvalue weighted by Gasteiger charge is 2.56. The number of carbonyl (C=O) groups excluding carboxylic acids is 1. The molecule has 0 N–H and O–H groups in total. The predicted molar refractivity (Wildman–Crippen MR) is 112 cm³/mol. The van der Waals surface area contributed by atoms with Crippen LogP contribution in [0.4, 0.5) is 0 Å². The van der Waals surface area contributed by atoms with Crippen molar-refractivity contribution in [3.8, 4) is 5.75 Å². The van der Waals surface area contributed by atoms with Crippen LogP contribution >= 0.6 is 0 Å². The number of ether oxygens (including phenoxy) is 1. The molecule has 1 fully saturated rings. The first-order chi connectivity index (χ1) is 13.4. The molecule has 0 saturated carbocycles. The quantitative estimate of drug-likeness (QED) is 0.750. The first kappa shape index (κ1) is 20.0. The lowest BCUT2D eigenvalue weighted by molar-refractivity contribution is -0.159. The summed E-state index contributed by atoms with van der Waals surface area (Å²) in [5.41, 5.74) is 0.905. The fourth-order valence-electron chi connectivity index (χ4n) is 4.39. The third kappa shape index (κ3) is 3.05. The minimum absolute atomic E-state index is 0.0787. The van der Waals surface area contributed by atoms with Crippen molar-refractivity contribution in [3.05, 3.63) is 59.7 Å². The lowest BCUT2D eigenvalue weighted by atomic mass is 9.80. The van der Waals surface area contributed by atoms with Crippen molar-refractivity contribution in [3.63, 3.8) is 0 Å². The lowest BCUT2D eigenvalue weighted by Gasteiger charge is -2.51. The highest BCUT2D eigenvalue weighted by molar-refractivity contribution is 7.92. The van der Waals surface area contributed by atoms with Gasteiger partial charge in [-0.15, -0.1) is 0 Å². The van der Waals surface area contributed by atoms with Crippen LogP contribution in [0.3, 0.4) is 0 Å². The zero-order valence-corrected chi connectivity index (χ0v) is 18.3. The number of hydrogen-bond donors (Lipinski definition) is 0. The van der Waals surface area contributed by atoms with E-state index in [9.17, 15) is 13.2 Å². The molecule has 0 aromatic heterocycles. The Hall–Kier alpha value is -2.34. The van der Waals surface area contributed by atoms with Crippen LogP contribution in [0.15, 0.2) is 53.4 Å². The molecule has 0 radical (unpaired) electrons. The number of fused-ring (bicyclic) bond motifs is 4. The van der Waals surface area contributed by atoms with Crippen LogP contribution in [0, 0.1) is 0 Å². The largest absolute Gasteiger partial charge is 0.468 e. The van der Waals surface area contributed by atoms with E-state index in [2.05, 4.69) is 20.8 Å². The number of nitrogens with zero attached hydrogens (tertiary/aromatic N) is 1. The minimum atomic E-state index is -3.87. The molecular weight excluding hydrogens is 386 g/mol. The van der Waals surface area contributed by atoms with Crippen molar-refractivity contribution in [1.29, 1.82) is 0 Å². The Bertz CT molecular complexity index is 1070. The maximum absolute atomic E-state index is 13.6. The Morgan fingerprint density at radius 1 is 1.07 bits per heavy atom. The van der Waals surface area contributed by atoms with Gasteiger partial charge in [0.1, 0.15) is 5.75 Å². The number of sulfone groups is 1. The van der Waals surface area contributed by atoms with Crippen LogP contribution in [0.1, 0.15) is 51.2 Å².